The van der Waals surface area contributed by atoms with E-state index in [0.29, 0.717) is 24.5 Å². The van der Waals surface area contributed by atoms with Crippen LogP contribution in [0.4, 0.5) is 23.5 Å². The largest absolute Gasteiger partial charge is 0.494 e. The van der Waals surface area contributed by atoms with Crippen LogP contribution in [-0.4, -0.2) is 42.7 Å². The van der Waals surface area contributed by atoms with Gasteiger partial charge in [0.05, 0.1) is 6.61 Å². The van der Waals surface area contributed by atoms with E-state index in [-0.39, 0.29) is 0 Å². The summed E-state index contributed by atoms with van der Waals surface area (Å²) in [5.41, 5.74) is 0.886. The summed E-state index contributed by atoms with van der Waals surface area (Å²) in [6.07, 6.45) is 0. The van der Waals surface area contributed by atoms with Crippen LogP contribution in [0.2, 0.25) is 0 Å². The maximum atomic E-state index is 5.41. The number of ether oxygens (including phenoxy) is 1. The van der Waals surface area contributed by atoms with E-state index in [1.54, 1.807) is 7.05 Å². The molecule has 0 amide bonds. The number of anilines is 4. The van der Waals surface area contributed by atoms with Gasteiger partial charge in [-0.15, -0.1) is 0 Å². The summed E-state index contributed by atoms with van der Waals surface area (Å²) in [7, 11) is 5.54. The Hall–Kier alpha value is -2.57. The summed E-state index contributed by atoms with van der Waals surface area (Å²) in [6, 6.07) is 7.64. The van der Waals surface area contributed by atoms with Gasteiger partial charge >= 0.3 is 0 Å². The summed E-state index contributed by atoms with van der Waals surface area (Å²) in [5, 5.41) is 6.08. The molecule has 0 aliphatic rings. The highest BCUT2D eigenvalue weighted by Gasteiger charge is 2.07. The Labute approximate surface area is 124 Å². The molecule has 112 valence electrons. The predicted octanol–water partition coefficient (Wildman–Crippen LogP) is 2.12. The number of nitrogens with zero attached hydrogens (tertiary/aromatic N) is 4. The van der Waals surface area contributed by atoms with Crippen molar-refractivity contribution in [2.45, 2.75) is 6.92 Å². The monoisotopic (exact) mass is 288 g/mol. The molecule has 21 heavy (non-hydrogen) atoms. The zero-order chi connectivity index (χ0) is 15.2. The molecule has 0 spiro atoms. The highest BCUT2D eigenvalue weighted by molar-refractivity contribution is 5.56. The summed E-state index contributed by atoms with van der Waals surface area (Å²) in [4.78, 5) is 14.7. The Bertz CT molecular complexity index is 585. The van der Waals surface area contributed by atoms with Gasteiger partial charge in [0.15, 0.2) is 0 Å². The highest BCUT2D eigenvalue weighted by atomic mass is 16.5. The quantitative estimate of drug-likeness (QED) is 0.843. The normalized spacial score (nSPS) is 10.1. The van der Waals surface area contributed by atoms with Crippen LogP contribution in [0.15, 0.2) is 24.3 Å². The molecule has 0 saturated heterocycles. The first kappa shape index (κ1) is 14.8. The first-order valence-electron chi connectivity index (χ1n) is 6.73. The zero-order valence-corrected chi connectivity index (χ0v) is 12.7. The van der Waals surface area contributed by atoms with Crippen LogP contribution < -0.4 is 20.3 Å². The molecule has 0 atom stereocenters. The summed E-state index contributed by atoms with van der Waals surface area (Å²) >= 11 is 0. The van der Waals surface area contributed by atoms with E-state index in [1.165, 1.54) is 0 Å². The number of hydrogen-bond donors (Lipinski definition) is 2. The van der Waals surface area contributed by atoms with E-state index in [1.807, 2.05) is 50.2 Å². The first-order chi connectivity index (χ1) is 10.1. The van der Waals surface area contributed by atoms with Gasteiger partial charge < -0.3 is 20.3 Å². The van der Waals surface area contributed by atoms with Crippen LogP contribution >= 0.6 is 0 Å². The smallest absolute Gasteiger partial charge is 0.233 e. The molecule has 0 bridgehead atoms. The maximum absolute atomic E-state index is 5.41. The van der Waals surface area contributed by atoms with Crippen LogP contribution in [0.5, 0.6) is 5.75 Å². The van der Waals surface area contributed by atoms with Crippen LogP contribution in [0.3, 0.4) is 0 Å². The number of benzene rings is 1. The topological polar surface area (TPSA) is 75.2 Å². The summed E-state index contributed by atoms with van der Waals surface area (Å²) in [5.74, 6) is 2.43. The Morgan fingerprint density at radius 2 is 1.71 bits per heavy atom. The second-order valence-electron chi connectivity index (χ2n) is 4.51. The second kappa shape index (κ2) is 6.74. The van der Waals surface area contributed by atoms with Crippen molar-refractivity contribution in [1.29, 1.82) is 0 Å². The lowest BCUT2D eigenvalue weighted by Crippen LogP contribution is -2.15. The van der Waals surface area contributed by atoms with Gasteiger partial charge in [0.1, 0.15) is 5.75 Å². The van der Waals surface area contributed by atoms with Crippen LogP contribution in [0.1, 0.15) is 6.92 Å². The predicted molar refractivity (Wildman–Crippen MR) is 84.6 cm³/mol. The van der Waals surface area contributed by atoms with Crippen LogP contribution in [-0.2, 0) is 0 Å². The molecule has 1 heterocycles. The Morgan fingerprint density at radius 1 is 1.05 bits per heavy atom. The number of aromatic nitrogens is 3. The lowest BCUT2D eigenvalue weighted by atomic mass is 10.3. The minimum atomic E-state index is 0.488. The first-order valence-corrected chi connectivity index (χ1v) is 6.73. The minimum Gasteiger partial charge on any atom is -0.494 e. The fourth-order valence-corrected chi connectivity index (χ4v) is 1.66. The highest BCUT2D eigenvalue weighted by Crippen LogP contribution is 2.19. The molecular weight excluding hydrogens is 268 g/mol. The van der Waals surface area contributed by atoms with Crippen molar-refractivity contribution in [1.82, 2.24) is 15.0 Å². The fraction of sp³-hybridized carbons (Fsp3) is 0.357. The Kier molecular flexibility index (Phi) is 4.76. The van der Waals surface area contributed by atoms with Crippen molar-refractivity contribution in [3.63, 3.8) is 0 Å². The molecule has 2 rings (SSSR count). The number of nitrogens with one attached hydrogen (secondary N) is 2. The van der Waals surface area contributed by atoms with Crippen LogP contribution in [0, 0.1) is 0 Å². The maximum Gasteiger partial charge on any atom is 0.233 e. The van der Waals surface area contributed by atoms with E-state index in [2.05, 4.69) is 25.6 Å². The molecule has 0 unspecified atom stereocenters. The number of rotatable bonds is 6. The average Bonchev–Trinajstić information content (AvgIpc) is 2.49. The summed E-state index contributed by atoms with van der Waals surface area (Å²) < 4.78 is 5.41. The molecule has 0 aliphatic carbocycles. The van der Waals surface area contributed by atoms with Gasteiger partial charge in [-0.3, -0.25) is 0 Å². The van der Waals surface area contributed by atoms with Gasteiger partial charge in [-0.2, -0.15) is 15.0 Å². The molecule has 0 aliphatic heterocycles. The molecule has 1 aromatic carbocycles. The molecule has 2 aromatic rings. The molecule has 2 N–H and O–H groups in total. The molecule has 0 saturated carbocycles. The van der Waals surface area contributed by atoms with Crippen LogP contribution in [0.25, 0.3) is 0 Å². The molecule has 7 heteroatoms. The third kappa shape index (κ3) is 3.95. The Balaban J connectivity index is 2.19. The SMILES string of the molecule is CCOc1ccc(Nc2nc(NC)nc(N(C)C)n2)cc1. The number of hydrogen-bond acceptors (Lipinski definition) is 7. The summed E-state index contributed by atoms with van der Waals surface area (Å²) in [6.45, 7) is 2.61. The van der Waals surface area contributed by atoms with Crippen molar-refractivity contribution < 1.29 is 4.74 Å². The van der Waals surface area contributed by atoms with Gasteiger partial charge in [-0.1, -0.05) is 0 Å². The van der Waals surface area contributed by atoms with E-state index in [0.717, 1.165) is 11.4 Å². The van der Waals surface area contributed by atoms with Gasteiger partial charge in [0, 0.05) is 26.8 Å². The van der Waals surface area contributed by atoms with Crippen molar-refractivity contribution in [2.24, 2.45) is 0 Å². The lowest BCUT2D eigenvalue weighted by molar-refractivity contribution is 0.340. The Morgan fingerprint density at radius 3 is 2.29 bits per heavy atom. The molecule has 0 radical (unpaired) electrons. The zero-order valence-electron chi connectivity index (χ0n) is 12.7. The fourth-order valence-electron chi connectivity index (χ4n) is 1.66. The molecule has 7 nitrogen and oxygen atoms in total. The molecular formula is C14H20N6O. The lowest BCUT2D eigenvalue weighted by Gasteiger charge is -2.13. The van der Waals surface area contributed by atoms with Gasteiger partial charge in [-0.25, -0.2) is 0 Å². The van der Waals surface area contributed by atoms with Crippen molar-refractivity contribution in [3.05, 3.63) is 24.3 Å². The van der Waals surface area contributed by atoms with Crippen molar-refractivity contribution >= 4 is 23.5 Å². The minimum absolute atomic E-state index is 0.488. The third-order valence-corrected chi connectivity index (χ3v) is 2.67. The van der Waals surface area contributed by atoms with E-state index in [4.69, 9.17) is 4.74 Å². The van der Waals surface area contributed by atoms with E-state index >= 15 is 0 Å². The van der Waals surface area contributed by atoms with Crippen molar-refractivity contribution in [3.8, 4) is 5.75 Å². The third-order valence-electron chi connectivity index (χ3n) is 2.67. The molecule has 1 aromatic heterocycles. The van der Waals surface area contributed by atoms with Crippen molar-refractivity contribution in [2.75, 3.05) is 43.3 Å². The van der Waals surface area contributed by atoms with E-state index in [9.17, 15) is 0 Å². The van der Waals surface area contributed by atoms with Gasteiger partial charge in [0.2, 0.25) is 17.8 Å². The van der Waals surface area contributed by atoms with E-state index < -0.39 is 0 Å². The average molecular weight is 288 g/mol. The van der Waals surface area contributed by atoms with Gasteiger partial charge in [-0.05, 0) is 31.2 Å². The second-order valence-corrected chi connectivity index (χ2v) is 4.51. The van der Waals surface area contributed by atoms with Gasteiger partial charge in [0.25, 0.3) is 0 Å². The standard InChI is InChI=1S/C14H20N6O/c1-5-21-11-8-6-10(7-9-11)16-13-17-12(15-2)18-14(19-13)20(3)4/h6-9H,5H2,1-4H3,(H2,15,16,17,18,19). The molecule has 0 fully saturated rings.